The summed E-state index contributed by atoms with van der Waals surface area (Å²) in [6.07, 6.45) is 2.15. The standard InChI is InChI=1S/C13H21BrN2O2S3/c1-3-10(15)13(11-6-9(14)7-20-11)16-4-5-19-8-12(16)21(2,17)18/h6-7,10,12-13H,3-5,8,15H2,1-2H3. The van der Waals surface area contributed by atoms with Crippen molar-refractivity contribution in [2.45, 2.75) is 30.8 Å². The van der Waals surface area contributed by atoms with E-state index < -0.39 is 15.2 Å². The molecule has 0 bridgehead atoms. The van der Waals surface area contributed by atoms with E-state index in [1.54, 1.807) is 23.1 Å². The number of halogens is 1. The second-order valence-electron chi connectivity index (χ2n) is 5.28. The highest BCUT2D eigenvalue weighted by molar-refractivity contribution is 9.10. The molecule has 0 spiro atoms. The molecule has 4 nitrogen and oxygen atoms in total. The van der Waals surface area contributed by atoms with Gasteiger partial charge >= 0.3 is 0 Å². The maximum absolute atomic E-state index is 12.1. The molecule has 2 rings (SSSR count). The van der Waals surface area contributed by atoms with Crippen LogP contribution in [0.3, 0.4) is 0 Å². The molecule has 0 amide bonds. The van der Waals surface area contributed by atoms with Gasteiger partial charge in [0.1, 0.15) is 5.37 Å². The third kappa shape index (κ3) is 4.23. The van der Waals surface area contributed by atoms with Crippen LogP contribution in [0.2, 0.25) is 0 Å². The van der Waals surface area contributed by atoms with Crippen molar-refractivity contribution in [1.82, 2.24) is 4.90 Å². The Bertz CT molecular complexity index is 576. The number of sulfone groups is 1. The first-order valence-corrected chi connectivity index (χ1v) is 11.6. The first-order valence-electron chi connectivity index (χ1n) is 6.86. The Morgan fingerprint density at radius 3 is 2.81 bits per heavy atom. The molecule has 1 aromatic rings. The molecule has 3 unspecified atom stereocenters. The lowest BCUT2D eigenvalue weighted by Gasteiger charge is -2.41. The molecule has 0 saturated carbocycles. The minimum atomic E-state index is -3.12. The van der Waals surface area contributed by atoms with Crippen LogP contribution >= 0.6 is 39.0 Å². The van der Waals surface area contributed by atoms with E-state index in [-0.39, 0.29) is 12.1 Å². The van der Waals surface area contributed by atoms with Crippen molar-refractivity contribution >= 4 is 48.9 Å². The Balaban J connectivity index is 2.38. The van der Waals surface area contributed by atoms with Gasteiger partial charge in [-0.2, -0.15) is 11.8 Å². The first-order chi connectivity index (χ1) is 9.84. The van der Waals surface area contributed by atoms with Crippen LogP contribution in [0, 0.1) is 0 Å². The number of rotatable bonds is 5. The fourth-order valence-corrected chi connectivity index (χ4v) is 7.15. The van der Waals surface area contributed by atoms with Crippen LogP contribution in [0.15, 0.2) is 15.9 Å². The number of hydrogen-bond donors (Lipinski definition) is 1. The average Bonchev–Trinajstić information content (AvgIpc) is 2.84. The summed E-state index contributed by atoms with van der Waals surface area (Å²) in [6, 6.07) is 1.96. The number of nitrogens with zero attached hydrogens (tertiary/aromatic N) is 1. The van der Waals surface area contributed by atoms with Gasteiger partial charge in [-0.05, 0) is 28.4 Å². The van der Waals surface area contributed by atoms with Gasteiger partial charge in [0.2, 0.25) is 0 Å². The third-order valence-electron chi connectivity index (χ3n) is 3.73. The van der Waals surface area contributed by atoms with Crippen molar-refractivity contribution in [3.63, 3.8) is 0 Å². The number of thioether (sulfide) groups is 1. The SMILES string of the molecule is CCC(N)C(c1cc(Br)cs1)N1CCSCC1S(C)(=O)=O. The molecule has 8 heteroatoms. The van der Waals surface area contributed by atoms with E-state index >= 15 is 0 Å². The summed E-state index contributed by atoms with van der Waals surface area (Å²) in [4.78, 5) is 3.23. The zero-order chi connectivity index (χ0) is 15.6. The van der Waals surface area contributed by atoms with Crippen LogP contribution in [-0.2, 0) is 9.84 Å². The quantitative estimate of drug-likeness (QED) is 0.804. The van der Waals surface area contributed by atoms with E-state index in [0.29, 0.717) is 5.75 Å². The van der Waals surface area contributed by atoms with Crippen molar-refractivity contribution in [2.75, 3.05) is 24.3 Å². The summed E-state index contributed by atoms with van der Waals surface area (Å²) in [6.45, 7) is 2.81. The maximum Gasteiger partial charge on any atom is 0.164 e. The van der Waals surface area contributed by atoms with Gasteiger partial charge in [-0.15, -0.1) is 11.3 Å². The zero-order valence-corrected chi connectivity index (χ0v) is 16.2. The summed E-state index contributed by atoms with van der Waals surface area (Å²) in [5.74, 6) is 1.57. The number of nitrogens with two attached hydrogens (primary N) is 1. The summed E-state index contributed by atoms with van der Waals surface area (Å²) < 4.78 is 25.3. The van der Waals surface area contributed by atoms with E-state index in [0.717, 1.165) is 28.1 Å². The second kappa shape index (κ2) is 7.31. The lowest BCUT2D eigenvalue weighted by molar-refractivity contribution is 0.168. The molecule has 1 aliphatic heterocycles. The van der Waals surface area contributed by atoms with Crippen molar-refractivity contribution in [2.24, 2.45) is 5.73 Å². The van der Waals surface area contributed by atoms with Gasteiger partial charge in [0.05, 0.1) is 6.04 Å². The molecule has 1 aliphatic rings. The molecule has 1 fully saturated rings. The minimum absolute atomic E-state index is 0.0353. The summed E-state index contributed by atoms with van der Waals surface area (Å²) in [7, 11) is -3.12. The van der Waals surface area contributed by atoms with Crippen LogP contribution in [0.5, 0.6) is 0 Å². The highest BCUT2D eigenvalue weighted by Gasteiger charge is 2.38. The number of thiophene rings is 1. The second-order valence-corrected chi connectivity index (χ2v) is 10.5. The Kier molecular flexibility index (Phi) is 6.18. The van der Waals surface area contributed by atoms with Gasteiger partial charge in [0, 0.05) is 45.1 Å². The molecule has 0 aliphatic carbocycles. The Morgan fingerprint density at radius 2 is 2.29 bits per heavy atom. The predicted molar refractivity (Wildman–Crippen MR) is 95.7 cm³/mol. The van der Waals surface area contributed by atoms with Crippen LogP contribution < -0.4 is 5.73 Å². The molecule has 2 heterocycles. The smallest absolute Gasteiger partial charge is 0.164 e. The Morgan fingerprint density at radius 1 is 1.57 bits per heavy atom. The van der Waals surface area contributed by atoms with Crippen LogP contribution in [0.4, 0.5) is 0 Å². The van der Waals surface area contributed by atoms with Crippen LogP contribution in [-0.4, -0.2) is 49.0 Å². The van der Waals surface area contributed by atoms with E-state index in [9.17, 15) is 8.42 Å². The molecular formula is C13H21BrN2O2S3. The Hall–Kier alpha value is 0.400. The first kappa shape index (κ1) is 17.7. The average molecular weight is 413 g/mol. The molecule has 0 aromatic carbocycles. The topological polar surface area (TPSA) is 63.4 Å². The Labute approximate surface area is 143 Å². The molecule has 2 N–H and O–H groups in total. The van der Waals surface area contributed by atoms with Gasteiger partial charge in [0.15, 0.2) is 9.84 Å². The van der Waals surface area contributed by atoms with E-state index in [1.807, 2.05) is 5.38 Å². The van der Waals surface area contributed by atoms with Gasteiger partial charge in [-0.3, -0.25) is 4.90 Å². The minimum Gasteiger partial charge on any atom is -0.326 e. The molecule has 1 saturated heterocycles. The summed E-state index contributed by atoms with van der Waals surface area (Å²) in [5, 5.41) is 1.58. The van der Waals surface area contributed by atoms with Gasteiger partial charge in [0.25, 0.3) is 0 Å². The lowest BCUT2D eigenvalue weighted by Crippen LogP contribution is -2.52. The normalized spacial score (nSPS) is 23.9. The molecular weight excluding hydrogens is 392 g/mol. The van der Waals surface area contributed by atoms with Crippen molar-refractivity contribution < 1.29 is 8.42 Å². The lowest BCUT2D eigenvalue weighted by atomic mass is 10.0. The molecule has 1 aromatic heterocycles. The van der Waals surface area contributed by atoms with Crippen molar-refractivity contribution in [3.8, 4) is 0 Å². The largest absolute Gasteiger partial charge is 0.326 e. The highest BCUT2D eigenvalue weighted by Crippen LogP contribution is 2.36. The molecule has 120 valence electrons. The predicted octanol–water partition coefficient (Wildman–Crippen LogP) is 2.71. The van der Waals surface area contributed by atoms with Crippen LogP contribution in [0.1, 0.15) is 24.3 Å². The van der Waals surface area contributed by atoms with E-state index in [1.165, 1.54) is 6.26 Å². The van der Waals surface area contributed by atoms with E-state index in [4.69, 9.17) is 5.73 Å². The number of hydrogen-bond acceptors (Lipinski definition) is 6. The van der Waals surface area contributed by atoms with Crippen molar-refractivity contribution in [1.29, 1.82) is 0 Å². The monoisotopic (exact) mass is 412 g/mol. The van der Waals surface area contributed by atoms with E-state index in [2.05, 4.69) is 33.8 Å². The van der Waals surface area contributed by atoms with Crippen LogP contribution in [0.25, 0.3) is 0 Å². The van der Waals surface area contributed by atoms with Gasteiger partial charge in [-0.1, -0.05) is 6.92 Å². The maximum atomic E-state index is 12.1. The fraction of sp³-hybridized carbons (Fsp3) is 0.692. The van der Waals surface area contributed by atoms with Gasteiger partial charge in [-0.25, -0.2) is 8.42 Å². The fourth-order valence-electron chi connectivity index (χ4n) is 2.61. The highest BCUT2D eigenvalue weighted by atomic mass is 79.9. The summed E-state index contributed by atoms with van der Waals surface area (Å²) in [5.41, 5.74) is 6.34. The molecule has 3 atom stereocenters. The molecule has 0 radical (unpaired) electrons. The third-order valence-corrected chi connectivity index (χ3v) is 8.16. The molecule has 21 heavy (non-hydrogen) atoms. The van der Waals surface area contributed by atoms with Crippen molar-refractivity contribution in [3.05, 3.63) is 20.8 Å². The summed E-state index contributed by atoms with van der Waals surface area (Å²) >= 11 is 6.82. The zero-order valence-electron chi connectivity index (χ0n) is 12.2. The van der Waals surface area contributed by atoms with Gasteiger partial charge < -0.3 is 5.73 Å².